The topological polar surface area (TPSA) is 107 Å². The highest BCUT2D eigenvalue weighted by Crippen LogP contribution is 2.26. The van der Waals surface area contributed by atoms with Crippen LogP contribution in [0, 0.1) is 10.1 Å². The van der Waals surface area contributed by atoms with E-state index in [1.54, 1.807) is 6.07 Å². The highest BCUT2D eigenvalue weighted by Gasteiger charge is 2.20. The van der Waals surface area contributed by atoms with E-state index in [-0.39, 0.29) is 5.69 Å². The number of hydrogen-bond acceptors (Lipinski definition) is 6. The van der Waals surface area contributed by atoms with Gasteiger partial charge in [0, 0.05) is 24.2 Å². The van der Waals surface area contributed by atoms with Gasteiger partial charge in [-0.05, 0) is 31.7 Å². The molecule has 7 nitrogen and oxygen atoms in total. The number of anilines is 1. The summed E-state index contributed by atoms with van der Waals surface area (Å²) in [5, 5.41) is 14.0. The lowest BCUT2D eigenvalue weighted by Gasteiger charge is -2.25. The number of hydrogen-bond donors (Lipinski definition) is 2. The number of oxazole rings is 1. The highest BCUT2D eigenvalue weighted by molar-refractivity contribution is 5.77. The molecule has 1 aliphatic rings. The molecule has 7 heteroatoms. The molecule has 1 aromatic carbocycles. The van der Waals surface area contributed by atoms with E-state index in [1.165, 1.54) is 12.1 Å². The third-order valence-electron chi connectivity index (χ3n) is 3.68. The highest BCUT2D eigenvalue weighted by atomic mass is 16.6. The molecule has 3 N–H and O–H groups in total. The number of nitro groups is 1. The van der Waals surface area contributed by atoms with Gasteiger partial charge in [0.05, 0.1) is 4.92 Å². The molecule has 1 saturated carbocycles. The average molecular weight is 276 g/mol. The van der Waals surface area contributed by atoms with Gasteiger partial charge in [0.15, 0.2) is 5.58 Å². The molecule has 2 aromatic rings. The van der Waals surface area contributed by atoms with Gasteiger partial charge in [-0.1, -0.05) is 0 Å². The van der Waals surface area contributed by atoms with Gasteiger partial charge in [-0.15, -0.1) is 0 Å². The maximum Gasteiger partial charge on any atom is 0.295 e. The van der Waals surface area contributed by atoms with Crippen LogP contribution in [0.2, 0.25) is 0 Å². The molecule has 0 amide bonds. The number of nitro benzene ring substituents is 1. The molecule has 0 atom stereocenters. The standard InChI is InChI=1S/C13H16N4O3/c14-8-1-3-9(4-2-8)15-13-16-11-7-10(17(18)19)5-6-12(11)20-13/h5-9H,1-4,14H2,(H,15,16). The number of benzene rings is 1. The van der Waals surface area contributed by atoms with Crippen molar-refractivity contribution < 1.29 is 9.34 Å². The molecule has 1 heterocycles. The minimum absolute atomic E-state index is 0.0148. The van der Waals surface area contributed by atoms with Crippen LogP contribution in [-0.2, 0) is 0 Å². The normalized spacial score (nSPS) is 22.9. The lowest BCUT2D eigenvalue weighted by molar-refractivity contribution is -0.384. The molecular formula is C13H16N4O3. The molecule has 1 fully saturated rings. The van der Waals surface area contributed by atoms with Gasteiger partial charge in [0.1, 0.15) is 5.52 Å². The minimum atomic E-state index is -0.441. The van der Waals surface area contributed by atoms with E-state index in [0.29, 0.717) is 29.2 Å². The van der Waals surface area contributed by atoms with E-state index in [1.807, 2.05) is 0 Å². The van der Waals surface area contributed by atoms with Crippen LogP contribution < -0.4 is 11.1 Å². The van der Waals surface area contributed by atoms with Crippen LogP contribution in [0.4, 0.5) is 11.7 Å². The number of nitrogens with two attached hydrogens (primary N) is 1. The summed E-state index contributed by atoms with van der Waals surface area (Å²) in [6.07, 6.45) is 3.95. The molecule has 0 aliphatic heterocycles. The molecule has 0 saturated heterocycles. The summed E-state index contributed by atoms with van der Waals surface area (Å²) in [5.41, 5.74) is 6.92. The Balaban J connectivity index is 1.77. The smallest absolute Gasteiger partial charge is 0.295 e. The maximum absolute atomic E-state index is 10.7. The number of rotatable bonds is 3. The largest absolute Gasteiger partial charge is 0.424 e. The third-order valence-corrected chi connectivity index (χ3v) is 3.68. The van der Waals surface area contributed by atoms with Crippen LogP contribution in [-0.4, -0.2) is 22.0 Å². The Morgan fingerprint density at radius 1 is 1.35 bits per heavy atom. The lowest BCUT2D eigenvalue weighted by atomic mass is 9.92. The first kappa shape index (κ1) is 12.9. The Morgan fingerprint density at radius 3 is 2.80 bits per heavy atom. The van der Waals surface area contributed by atoms with Crippen molar-refractivity contribution in [3.63, 3.8) is 0 Å². The van der Waals surface area contributed by atoms with Gasteiger partial charge in [-0.3, -0.25) is 10.1 Å². The Kier molecular flexibility index (Phi) is 3.27. The maximum atomic E-state index is 10.7. The van der Waals surface area contributed by atoms with Crippen LogP contribution in [0.3, 0.4) is 0 Å². The first-order valence-corrected chi connectivity index (χ1v) is 6.69. The van der Waals surface area contributed by atoms with Crippen molar-refractivity contribution in [1.29, 1.82) is 0 Å². The summed E-state index contributed by atoms with van der Waals surface area (Å²) in [5.74, 6) is 0. The van der Waals surface area contributed by atoms with E-state index in [2.05, 4.69) is 10.3 Å². The van der Waals surface area contributed by atoms with Crippen molar-refractivity contribution in [2.45, 2.75) is 37.8 Å². The first-order valence-electron chi connectivity index (χ1n) is 6.69. The fourth-order valence-corrected chi connectivity index (χ4v) is 2.53. The Labute approximate surface area is 115 Å². The van der Waals surface area contributed by atoms with Gasteiger partial charge < -0.3 is 15.5 Å². The fraction of sp³-hybridized carbons (Fsp3) is 0.462. The van der Waals surface area contributed by atoms with Crippen molar-refractivity contribution in [3.8, 4) is 0 Å². The predicted molar refractivity (Wildman–Crippen MR) is 74.5 cm³/mol. The van der Waals surface area contributed by atoms with Gasteiger partial charge >= 0.3 is 0 Å². The second-order valence-corrected chi connectivity index (χ2v) is 5.18. The molecule has 20 heavy (non-hydrogen) atoms. The number of aromatic nitrogens is 1. The van der Waals surface area contributed by atoms with Crippen LogP contribution in [0.5, 0.6) is 0 Å². The second kappa shape index (κ2) is 5.09. The molecule has 3 rings (SSSR count). The van der Waals surface area contributed by atoms with Gasteiger partial charge in [-0.25, -0.2) is 0 Å². The monoisotopic (exact) mass is 276 g/mol. The quantitative estimate of drug-likeness (QED) is 0.658. The molecule has 0 radical (unpaired) electrons. The molecule has 0 bridgehead atoms. The average Bonchev–Trinajstić information content (AvgIpc) is 2.82. The SMILES string of the molecule is NC1CCC(Nc2nc3cc([N+](=O)[O-])ccc3o2)CC1. The van der Waals surface area contributed by atoms with E-state index in [0.717, 1.165) is 25.7 Å². The lowest BCUT2D eigenvalue weighted by Crippen LogP contribution is -2.32. The minimum Gasteiger partial charge on any atom is -0.424 e. The zero-order valence-electron chi connectivity index (χ0n) is 10.9. The summed E-state index contributed by atoms with van der Waals surface area (Å²) >= 11 is 0. The molecular weight excluding hydrogens is 260 g/mol. The van der Waals surface area contributed by atoms with E-state index >= 15 is 0 Å². The zero-order chi connectivity index (χ0) is 14.1. The second-order valence-electron chi connectivity index (χ2n) is 5.18. The molecule has 0 unspecified atom stereocenters. The Morgan fingerprint density at radius 2 is 2.10 bits per heavy atom. The Hall–Kier alpha value is -2.15. The van der Waals surface area contributed by atoms with Crippen LogP contribution in [0.15, 0.2) is 22.6 Å². The van der Waals surface area contributed by atoms with Gasteiger partial charge in [0.2, 0.25) is 0 Å². The number of non-ortho nitro benzene ring substituents is 1. The third kappa shape index (κ3) is 2.57. The summed E-state index contributed by atoms with van der Waals surface area (Å²) in [4.78, 5) is 14.5. The van der Waals surface area contributed by atoms with E-state index < -0.39 is 4.92 Å². The molecule has 0 spiro atoms. The molecule has 1 aromatic heterocycles. The van der Waals surface area contributed by atoms with Crippen LogP contribution >= 0.6 is 0 Å². The van der Waals surface area contributed by atoms with Crippen molar-refractivity contribution in [2.24, 2.45) is 5.73 Å². The number of fused-ring (bicyclic) bond motifs is 1. The van der Waals surface area contributed by atoms with Crippen molar-refractivity contribution in [1.82, 2.24) is 4.98 Å². The number of nitrogens with one attached hydrogen (secondary N) is 1. The van der Waals surface area contributed by atoms with E-state index in [4.69, 9.17) is 10.2 Å². The van der Waals surface area contributed by atoms with Crippen molar-refractivity contribution in [3.05, 3.63) is 28.3 Å². The molecule has 106 valence electrons. The summed E-state index contributed by atoms with van der Waals surface area (Å²) in [6.45, 7) is 0. The van der Waals surface area contributed by atoms with Crippen molar-refractivity contribution >= 4 is 22.8 Å². The summed E-state index contributed by atoms with van der Waals surface area (Å²) < 4.78 is 5.56. The first-order chi connectivity index (χ1) is 9.61. The Bertz CT molecular complexity index is 632. The fourth-order valence-electron chi connectivity index (χ4n) is 2.53. The van der Waals surface area contributed by atoms with Crippen LogP contribution in [0.25, 0.3) is 11.1 Å². The summed E-state index contributed by atoms with van der Waals surface area (Å²) in [7, 11) is 0. The van der Waals surface area contributed by atoms with Gasteiger partial charge in [-0.2, -0.15) is 4.98 Å². The predicted octanol–water partition coefficient (Wildman–Crippen LogP) is 2.42. The molecule has 1 aliphatic carbocycles. The summed E-state index contributed by atoms with van der Waals surface area (Å²) in [6, 6.07) is 5.42. The zero-order valence-corrected chi connectivity index (χ0v) is 10.9. The van der Waals surface area contributed by atoms with Crippen molar-refractivity contribution in [2.75, 3.05) is 5.32 Å². The van der Waals surface area contributed by atoms with Crippen LogP contribution in [0.1, 0.15) is 25.7 Å². The number of nitrogens with zero attached hydrogens (tertiary/aromatic N) is 2. The van der Waals surface area contributed by atoms with E-state index in [9.17, 15) is 10.1 Å². The van der Waals surface area contributed by atoms with Gasteiger partial charge in [0.25, 0.3) is 11.7 Å².